The summed E-state index contributed by atoms with van der Waals surface area (Å²) in [5, 5.41) is 3.27. The number of rotatable bonds is 3. The molecule has 2 rings (SSSR count). The van der Waals surface area contributed by atoms with Crippen molar-refractivity contribution in [3.8, 4) is 5.75 Å². The maximum Gasteiger partial charge on any atom is 0.165 e. The van der Waals surface area contributed by atoms with Crippen molar-refractivity contribution >= 4 is 27.4 Å². The van der Waals surface area contributed by atoms with Gasteiger partial charge < -0.3 is 10.1 Å². The summed E-state index contributed by atoms with van der Waals surface area (Å²) in [5.41, 5.74) is 4.40. The molecular weight excluding hydrogens is 335 g/mol. The summed E-state index contributed by atoms with van der Waals surface area (Å²) in [6.07, 6.45) is 0. The Morgan fingerprint density at radius 3 is 2.43 bits per heavy atom. The predicted molar refractivity (Wildman–Crippen MR) is 87.1 cm³/mol. The van der Waals surface area contributed by atoms with E-state index in [2.05, 4.69) is 26.2 Å². The van der Waals surface area contributed by atoms with Crippen LogP contribution < -0.4 is 10.1 Å². The SMILES string of the molecule is COc1c(F)cc(C)c(Nc2nc(C)c(C)cc2Br)c1C. The first kappa shape index (κ1) is 15.8. The van der Waals surface area contributed by atoms with E-state index in [4.69, 9.17) is 4.74 Å². The zero-order valence-electron chi connectivity index (χ0n) is 12.8. The number of aromatic nitrogens is 1. The molecule has 0 spiro atoms. The van der Waals surface area contributed by atoms with Crippen molar-refractivity contribution < 1.29 is 9.13 Å². The van der Waals surface area contributed by atoms with Crippen molar-refractivity contribution in [1.82, 2.24) is 4.98 Å². The molecular formula is C16H18BrFN2O. The Morgan fingerprint density at radius 2 is 1.81 bits per heavy atom. The summed E-state index contributed by atoms with van der Waals surface area (Å²) >= 11 is 3.51. The van der Waals surface area contributed by atoms with Gasteiger partial charge in [0.1, 0.15) is 5.82 Å². The van der Waals surface area contributed by atoms with Crippen LogP contribution in [0, 0.1) is 33.5 Å². The Labute approximate surface area is 132 Å². The summed E-state index contributed by atoms with van der Waals surface area (Å²) in [6.45, 7) is 7.64. The van der Waals surface area contributed by atoms with Crippen LogP contribution in [0.5, 0.6) is 5.75 Å². The molecule has 1 heterocycles. The van der Waals surface area contributed by atoms with Gasteiger partial charge in [0, 0.05) is 16.9 Å². The molecule has 1 aromatic heterocycles. The van der Waals surface area contributed by atoms with Crippen LogP contribution in [0.4, 0.5) is 15.9 Å². The highest BCUT2D eigenvalue weighted by Crippen LogP contribution is 2.35. The van der Waals surface area contributed by atoms with Crippen molar-refractivity contribution in [3.05, 3.63) is 44.8 Å². The topological polar surface area (TPSA) is 34.1 Å². The molecule has 0 bridgehead atoms. The number of halogens is 2. The van der Waals surface area contributed by atoms with E-state index in [0.717, 1.165) is 32.5 Å². The van der Waals surface area contributed by atoms with Gasteiger partial charge in [-0.05, 0) is 66.9 Å². The lowest BCUT2D eigenvalue weighted by Crippen LogP contribution is -2.04. The second kappa shape index (κ2) is 6.02. The quantitative estimate of drug-likeness (QED) is 0.846. The molecule has 0 radical (unpaired) electrons. The van der Waals surface area contributed by atoms with Crippen LogP contribution in [0.15, 0.2) is 16.6 Å². The van der Waals surface area contributed by atoms with Crippen LogP contribution in [0.1, 0.15) is 22.4 Å². The van der Waals surface area contributed by atoms with E-state index in [-0.39, 0.29) is 11.6 Å². The molecule has 0 aliphatic carbocycles. The maximum atomic E-state index is 13.8. The summed E-state index contributed by atoms with van der Waals surface area (Å²) in [5.74, 6) is 0.603. The minimum atomic E-state index is -0.356. The maximum absolute atomic E-state index is 13.8. The molecule has 2 aromatic rings. The van der Waals surface area contributed by atoms with Gasteiger partial charge in [-0.2, -0.15) is 0 Å². The van der Waals surface area contributed by atoms with Gasteiger partial charge in [-0.25, -0.2) is 9.37 Å². The Kier molecular flexibility index (Phi) is 4.52. The van der Waals surface area contributed by atoms with Crippen molar-refractivity contribution in [2.45, 2.75) is 27.7 Å². The second-order valence-electron chi connectivity index (χ2n) is 5.05. The fourth-order valence-corrected chi connectivity index (χ4v) is 2.77. The number of aryl methyl sites for hydroxylation is 3. The van der Waals surface area contributed by atoms with Crippen LogP contribution in [0.2, 0.25) is 0 Å². The van der Waals surface area contributed by atoms with Gasteiger partial charge in [0.25, 0.3) is 0 Å². The summed E-state index contributed by atoms with van der Waals surface area (Å²) in [4.78, 5) is 4.54. The third kappa shape index (κ3) is 3.02. The molecule has 1 N–H and O–H groups in total. The van der Waals surface area contributed by atoms with E-state index >= 15 is 0 Å². The zero-order chi connectivity index (χ0) is 15.7. The Balaban J connectivity index is 2.52. The van der Waals surface area contributed by atoms with Crippen LogP contribution in [-0.4, -0.2) is 12.1 Å². The molecule has 112 valence electrons. The van der Waals surface area contributed by atoms with Gasteiger partial charge in [-0.15, -0.1) is 0 Å². The number of nitrogens with one attached hydrogen (secondary N) is 1. The van der Waals surface area contributed by atoms with E-state index in [1.165, 1.54) is 13.2 Å². The summed E-state index contributed by atoms with van der Waals surface area (Å²) < 4.78 is 19.9. The van der Waals surface area contributed by atoms with Crippen LogP contribution in [0.3, 0.4) is 0 Å². The zero-order valence-corrected chi connectivity index (χ0v) is 14.4. The van der Waals surface area contributed by atoms with Gasteiger partial charge in [0.15, 0.2) is 11.6 Å². The van der Waals surface area contributed by atoms with Gasteiger partial charge in [-0.3, -0.25) is 0 Å². The molecule has 1 aromatic carbocycles. The number of hydrogen-bond donors (Lipinski definition) is 1. The molecule has 5 heteroatoms. The molecule has 0 aliphatic rings. The van der Waals surface area contributed by atoms with E-state index in [1.807, 2.05) is 33.8 Å². The average Bonchev–Trinajstić information content (AvgIpc) is 2.40. The van der Waals surface area contributed by atoms with Crippen molar-refractivity contribution in [2.75, 3.05) is 12.4 Å². The number of hydrogen-bond acceptors (Lipinski definition) is 3. The standard InChI is InChI=1S/C16H18BrFN2O/c1-8-6-12(17)16(19-11(8)4)20-14-9(2)7-13(18)15(21-5)10(14)3/h6-7H,1-5H3,(H,19,20). The summed E-state index contributed by atoms with van der Waals surface area (Å²) in [7, 11) is 1.47. The summed E-state index contributed by atoms with van der Waals surface area (Å²) in [6, 6.07) is 3.47. The lowest BCUT2D eigenvalue weighted by Gasteiger charge is -2.17. The third-order valence-corrected chi connectivity index (χ3v) is 4.14. The molecule has 0 atom stereocenters. The molecule has 3 nitrogen and oxygen atoms in total. The molecule has 0 amide bonds. The van der Waals surface area contributed by atoms with Gasteiger partial charge in [0.2, 0.25) is 0 Å². The fraction of sp³-hybridized carbons (Fsp3) is 0.312. The average molecular weight is 353 g/mol. The lowest BCUT2D eigenvalue weighted by molar-refractivity contribution is 0.383. The van der Waals surface area contributed by atoms with Crippen molar-refractivity contribution in [3.63, 3.8) is 0 Å². The highest BCUT2D eigenvalue weighted by Gasteiger charge is 2.15. The number of ether oxygens (including phenoxy) is 1. The first-order valence-electron chi connectivity index (χ1n) is 6.59. The second-order valence-corrected chi connectivity index (χ2v) is 5.91. The first-order valence-corrected chi connectivity index (χ1v) is 7.39. The Hall–Kier alpha value is -1.62. The highest BCUT2D eigenvalue weighted by molar-refractivity contribution is 9.10. The van der Waals surface area contributed by atoms with Gasteiger partial charge >= 0.3 is 0 Å². The van der Waals surface area contributed by atoms with Gasteiger partial charge in [-0.1, -0.05) is 0 Å². The molecule has 0 saturated carbocycles. The molecule has 0 aliphatic heterocycles. The molecule has 0 fully saturated rings. The Bertz CT molecular complexity index is 701. The molecule has 0 saturated heterocycles. The number of benzene rings is 1. The molecule has 21 heavy (non-hydrogen) atoms. The predicted octanol–water partition coefficient (Wildman–Crippen LogP) is 4.97. The van der Waals surface area contributed by atoms with Gasteiger partial charge in [0.05, 0.1) is 11.6 Å². The smallest absolute Gasteiger partial charge is 0.165 e. The normalized spacial score (nSPS) is 10.6. The number of pyridine rings is 1. The minimum Gasteiger partial charge on any atom is -0.493 e. The third-order valence-electron chi connectivity index (χ3n) is 3.54. The Morgan fingerprint density at radius 1 is 1.14 bits per heavy atom. The van der Waals surface area contributed by atoms with Crippen LogP contribution in [0.25, 0.3) is 0 Å². The highest BCUT2D eigenvalue weighted by atomic mass is 79.9. The number of anilines is 2. The number of nitrogens with zero attached hydrogens (tertiary/aromatic N) is 1. The fourth-order valence-electron chi connectivity index (χ4n) is 2.24. The number of methoxy groups -OCH3 is 1. The first-order chi connectivity index (χ1) is 9.85. The van der Waals surface area contributed by atoms with E-state index in [0.29, 0.717) is 5.82 Å². The molecule has 0 unspecified atom stereocenters. The van der Waals surface area contributed by atoms with E-state index in [1.54, 1.807) is 0 Å². The minimum absolute atomic E-state index is 0.253. The largest absolute Gasteiger partial charge is 0.493 e. The lowest BCUT2D eigenvalue weighted by atomic mass is 10.1. The van der Waals surface area contributed by atoms with E-state index < -0.39 is 0 Å². The monoisotopic (exact) mass is 352 g/mol. The van der Waals surface area contributed by atoms with Crippen LogP contribution >= 0.6 is 15.9 Å². The van der Waals surface area contributed by atoms with Crippen molar-refractivity contribution in [1.29, 1.82) is 0 Å². The van der Waals surface area contributed by atoms with E-state index in [9.17, 15) is 4.39 Å². The van der Waals surface area contributed by atoms with Crippen LogP contribution in [-0.2, 0) is 0 Å². The van der Waals surface area contributed by atoms with Crippen molar-refractivity contribution in [2.24, 2.45) is 0 Å².